The number of hydrogen-bond donors (Lipinski definition) is 1. The molecule has 0 bridgehead atoms. The number of carbonyl (C=O) groups is 2. The second-order valence-electron chi connectivity index (χ2n) is 6.69. The first-order chi connectivity index (χ1) is 11.5. The quantitative estimate of drug-likeness (QED) is 0.873. The summed E-state index contributed by atoms with van der Waals surface area (Å²) in [7, 11) is 1.81. The van der Waals surface area contributed by atoms with Crippen molar-refractivity contribution >= 4 is 11.9 Å². The number of nitrogens with one attached hydrogen (secondary N) is 1. The minimum atomic E-state index is 0.0537. The van der Waals surface area contributed by atoms with E-state index in [0.29, 0.717) is 19.1 Å². The van der Waals surface area contributed by atoms with Crippen molar-refractivity contribution in [3.63, 3.8) is 0 Å². The second kappa shape index (κ2) is 7.25. The maximum atomic E-state index is 12.4. The van der Waals surface area contributed by atoms with Gasteiger partial charge in [-0.15, -0.1) is 0 Å². The fourth-order valence-corrected chi connectivity index (χ4v) is 3.43. The first-order valence-corrected chi connectivity index (χ1v) is 8.59. The number of furan rings is 1. The SMILES string of the molecule is Cc1ccc(CN(C)C(=O)CN2CCC(N3CCNC3=O)CC2)o1. The number of urea groups is 1. The van der Waals surface area contributed by atoms with E-state index >= 15 is 0 Å². The third kappa shape index (κ3) is 3.90. The normalized spacial score (nSPS) is 19.6. The van der Waals surface area contributed by atoms with Crippen LogP contribution in [0.2, 0.25) is 0 Å². The molecule has 0 unspecified atom stereocenters. The molecule has 1 aromatic rings. The van der Waals surface area contributed by atoms with E-state index in [4.69, 9.17) is 4.42 Å². The number of aryl methyl sites for hydroxylation is 1. The van der Waals surface area contributed by atoms with Gasteiger partial charge in [0.05, 0.1) is 13.1 Å². The Labute approximate surface area is 142 Å². The summed E-state index contributed by atoms with van der Waals surface area (Å²) in [4.78, 5) is 29.9. The lowest BCUT2D eigenvalue weighted by Gasteiger charge is -2.36. The molecule has 0 saturated carbocycles. The summed E-state index contributed by atoms with van der Waals surface area (Å²) in [5.41, 5.74) is 0. The van der Waals surface area contributed by atoms with E-state index in [9.17, 15) is 9.59 Å². The summed E-state index contributed by atoms with van der Waals surface area (Å²) >= 11 is 0. The summed E-state index contributed by atoms with van der Waals surface area (Å²) in [6, 6.07) is 4.18. The number of hydrogen-bond acceptors (Lipinski definition) is 4. The van der Waals surface area contributed by atoms with Gasteiger partial charge in [0.15, 0.2) is 0 Å². The molecule has 3 amide bonds. The van der Waals surface area contributed by atoms with Crippen molar-refractivity contribution in [3.05, 3.63) is 23.7 Å². The Morgan fingerprint density at radius 1 is 1.33 bits per heavy atom. The molecule has 2 fully saturated rings. The molecule has 7 heteroatoms. The van der Waals surface area contributed by atoms with Crippen LogP contribution in [0.25, 0.3) is 0 Å². The highest BCUT2D eigenvalue weighted by Crippen LogP contribution is 2.18. The zero-order valence-electron chi connectivity index (χ0n) is 14.5. The zero-order valence-corrected chi connectivity index (χ0v) is 14.5. The molecule has 132 valence electrons. The van der Waals surface area contributed by atoms with Gasteiger partial charge in [-0.2, -0.15) is 0 Å². The van der Waals surface area contributed by atoms with Crippen molar-refractivity contribution in [2.45, 2.75) is 32.4 Å². The van der Waals surface area contributed by atoms with Crippen LogP contribution >= 0.6 is 0 Å². The Morgan fingerprint density at radius 3 is 2.67 bits per heavy atom. The average molecular weight is 334 g/mol. The maximum absolute atomic E-state index is 12.4. The van der Waals surface area contributed by atoms with Crippen molar-refractivity contribution in [2.75, 3.05) is 39.8 Å². The van der Waals surface area contributed by atoms with Gasteiger partial charge in [0.25, 0.3) is 0 Å². The Hall–Kier alpha value is -2.02. The largest absolute Gasteiger partial charge is 0.464 e. The molecule has 0 spiro atoms. The average Bonchev–Trinajstić information content (AvgIpc) is 3.16. The molecular weight excluding hydrogens is 308 g/mol. The van der Waals surface area contributed by atoms with Gasteiger partial charge in [-0.05, 0) is 31.9 Å². The molecule has 1 N–H and O–H groups in total. The second-order valence-corrected chi connectivity index (χ2v) is 6.69. The van der Waals surface area contributed by atoms with E-state index in [2.05, 4.69) is 10.2 Å². The molecule has 1 aromatic heterocycles. The summed E-state index contributed by atoms with van der Waals surface area (Å²) in [6.07, 6.45) is 1.86. The molecule has 0 atom stereocenters. The van der Waals surface area contributed by atoms with Gasteiger partial charge < -0.3 is 19.5 Å². The lowest BCUT2D eigenvalue weighted by atomic mass is 10.0. The topological polar surface area (TPSA) is 69.0 Å². The van der Waals surface area contributed by atoms with Gasteiger partial charge in [-0.25, -0.2) is 4.79 Å². The van der Waals surface area contributed by atoms with Crippen LogP contribution in [-0.2, 0) is 11.3 Å². The molecular formula is C17H26N4O3. The fraction of sp³-hybridized carbons (Fsp3) is 0.647. The van der Waals surface area contributed by atoms with Gasteiger partial charge >= 0.3 is 6.03 Å². The molecule has 0 aliphatic carbocycles. The fourth-order valence-electron chi connectivity index (χ4n) is 3.43. The zero-order chi connectivity index (χ0) is 17.1. The van der Waals surface area contributed by atoms with Crippen LogP contribution in [0.1, 0.15) is 24.4 Å². The molecule has 2 aliphatic rings. The van der Waals surface area contributed by atoms with Crippen molar-refractivity contribution in [3.8, 4) is 0 Å². The number of likely N-dealkylation sites (tertiary alicyclic amines) is 1. The summed E-state index contributed by atoms with van der Waals surface area (Å²) in [5.74, 6) is 1.77. The van der Waals surface area contributed by atoms with E-state index in [-0.39, 0.29) is 11.9 Å². The Kier molecular flexibility index (Phi) is 5.08. The summed E-state index contributed by atoms with van der Waals surface area (Å²) in [5, 5.41) is 2.85. The van der Waals surface area contributed by atoms with Crippen LogP contribution in [0.3, 0.4) is 0 Å². The highest BCUT2D eigenvalue weighted by molar-refractivity contribution is 5.78. The number of amides is 3. The highest BCUT2D eigenvalue weighted by atomic mass is 16.3. The Balaban J connectivity index is 1.43. The van der Waals surface area contributed by atoms with Crippen LogP contribution in [0.4, 0.5) is 4.79 Å². The molecule has 7 nitrogen and oxygen atoms in total. The number of likely N-dealkylation sites (N-methyl/N-ethyl adjacent to an activating group) is 1. The standard InChI is InChI=1S/C17H26N4O3/c1-13-3-4-15(24-13)11-19(2)16(22)12-20-8-5-14(6-9-20)21-10-7-18-17(21)23/h3-4,14H,5-12H2,1-2H3,(H,18,23). The van der Waals surface area contributed by atoms with Gasteiger partial charge in [0, 0.05) is 39.3 Å². The number of rotatable bonds is 5. The maximum Gasteiger partial charge on any atom is 0.317 e. The number of nitrogens with zero attached hydrogens (tertiary/aromatic N) is 3. The van der Waals surface area contributed by atoms with Crippen LogP contribution in [0.5, 0.6) is 0 Å². The van der Waals surface area contributed by atoms with Crippen LogP contribution in [0, 0.1) is 6.92 Å². The van der Waals surface area contributed by atoms with E-state index in [0.717, 1.165) is 50.5 Å². The highest BCUT2D eigenvalue weighted by Gasteiger charge is 2.31. The predicted octanol–water partition coefficient (Wildman–Crippen LogP) is 1.04. The number of carbonyl (C=O) groups excluding carboxylic acids is 2. The molecule has 2 aliphatic heterocycles. The van der Waals surface area contributed by atoms with E-state index < -0.39 is 0 Å². The third-order valence-corrected chi connectivity index (χ3v) is 4.86. The van der Waals surface area contributed by atoms with Gasteiger partial charge in [-0.3, -0.25) is 9.69 Å². The minimum absolute atomic E-state index is 0.0537. The van der Waals surface area contributed by atoms with Crippen LogP contribution in [0.15, 0.2) is 16.5 Å². The Bertz CT molecular complexity index is 592. The Morgan fingerprint density at radius 2 is 2.08 bits per heavy atom. The molecule has 2 saturated heterocycles. The summed E-state index contributed by atoms with van der Waals surface area (Å²) in [6.45, 7) is 6.08. The monoisotopic (exact) mass is 334 g/mol. The van der Waals surface area contributed by atoms with Crippen molar-refractivity contribution in [1.82, 2.24) is 20.0 Å². The first kappa shape index (κ1) is 16.8. The van der Waals surface area contributed by atoms with E-state index in [1.54, 1.807) is 4.90 Å². The first-order valence-electron chi connectivity index (χ1n) is 8.59. The third-order valence-electron chi connectivity index (χ3n) is 4.86. The lowest BCUT2D eigenvalue weighted by Crippen LogP contribution is -2.48. The van der Waals surface area contributed by atoms with E-state index in [1.807, 2.05) is 31.0 Å². The molecule has 3 heterocycles. The summed E-state index contributed by atoms with van der Waals surface area (Å²) < 4.78 is 5.52. The van der Waals surface area contributed by atoms with Gasteiger partial charge in [-0.1, -0.05) is 0 Å². The van der Waals surface area contributed by atoms with Crippen molar-refractivity contribution < 1.29 is 14.0 Å². The number of piperidine rings is 1. The van der Waals surface area contributed by atoms with Gasteiger partial charge in [0.2, 0.25) is 5.91 Å². The lowest BCUT2D eigenvalue weighted by molar-refractivity contribution is -0.132. The van der Waals surface area contributed by atoms with Gasteiger partial charge in [0.1, 0.15) is 11.5 Å². The predicted molar refractivity (Wildman–Crippen MR) is 89.5 cm³/mol. The molecule has 0 aromatic carbocycles. The van der Waals surface area contributed by atoms with Crippen molar-refractivity contribution in [2.24, 2.45) is 0 Å². The van der Waals surface area contributed by atoms with Crippen LogP contribution in [-0.4, -0.2) is 72.5 Å². The minimum Gasteiger partial charge on any atom is -0.464 e. The van der Waals surface area contributed by atoms with Crippen molar-refractivity contribution in [1.29, 1.82) is 0 Å². The van der Waals surface area contributed by atoms with E-state index in [1.165, 1.54) is 0 Å². The van der Waals surface area contributed by atoms with Crippen LogP contribution < -0.4 is 5.32 Å². The molecule has 24 heavy (non-hydrogen) atoms. The molecule has 0 radical (unpaired) electrons. The molecule has 3 rings (SSSR count). The smallest absolute Gasteiger partial charge is 0.317 e.